The molecule has 0 aliphatic rings. The minimum absolute atomic E-state index is 0.420. The van der Waals surface area contributed by atoms with Crippen LogP contribution in [0.5, 0.6) is 11.5 Å². The zero-order valence-electron chi connectivity index (χ0n) is 9.31. The van der Waals surface area contributed by atoms with Crippen LogP contribution in [0.25, 0.3) is 0 Å². The van der Waals surface area contributed by atoms with Gasteiger partial charge in [-0.15, -0.1) is 3.89 Å². The van der Waals surface area contributed by atoms with Gasteiger partial charge < -0.3 is 14.8 Å². The molecule has 0 saturated carbocycles. The van der Waals surface area contributed by atoms with Gasteiger partial charge in [-0.3, -0.25) is 0 Å². The molecule has 1 rings (SSSR count). The van der Waals surface area contributed by atoms with E-state index in [1.165, 1.54) is 14.2 Å². The third-order valence-electron chi connectivity index (χ3n) is 1.86. The molecule has 5 nitrogen and oxygen atoms in total. The highest BCUT2D eigenvalue weighted by molar-refractivity contribution is 7.89. The molecule has 1 N–H and O–H groups in total. The van der Waals surface area contributed by atoms with Gasteiger partial charge in [-0.2, -0.15) is 8.42 Å². The Morgan fingerprint density at radius 3 is 2.41 bits per heavy atom. The van der Waals surface area contributed by atoms with Gasteiger partial charge in [0, 0.05) is 18.0 Å². The first-order valence-corrected chi connectivity index (χ1v) is 6.00. The van der Waals surface area contributed by atoms with Gasteiger partial charge >= 0.3 is 10.2 Å². The summed E-state index contributed by atoms with van der Waals surface area (Å²) in [5.41, 5.74) is 0.544. The summed E-state index contributed by atoms with van der Waals surface area (Å²) >= 11 is 0. The number of ether oxygens (including phenoxy) is 2. The molecule has 0 unspecified atom stereocenters. The number of hydrogen-bond donors (Lipinski definition) is 1. The molecule has 0 saturated heterocycles. The second-order valence-corrected chi connectivity index (χ2v) is 4.22. The van der Waals surface area contributed by atoms with Gasteiger partial charge in [0.05, 0.1) is 19.6 Å². The van der Waals surface area contributed by atoms with Crippen molar-refractivity contribution in [2.75, 3.05) is 19.5 Å². The molecule has 1 aromatic carbocycles. The molecule has 0 atom stereocenters. The molecule has 1 aromatic rings. The predicted octanol–water partition coefficient (Wildman–Crippen LogP) is 1.89. The van der Waals surface area contributed by atoms with Crippen molar-refractivity contribution in [3.8, 4) is 11.5 Å². The monoisotopic (exact) mass is 261 g/mol. The van der Waals surface area contributed by atoms with E-state index in [2.05, 4.69) is 5.32 Å². The Labute approximate surface area is 99.1 Å². The van der Waals surface area contributed by atoms with Crippen molar-refractivity contribution in [1.82, 2.24) is 0 Å². The number of halogens is 1. The van der Waals surface area contributed by atoms with Crippen LogP contribution >= 0.6 is 0 Å². The Bertz CT molecular complexity index is 513. The SMILES string of the molecule is COc1ccc(N/C=C/S(=O)(=O)F)cc1OC. The molecule has 0 amide bonds. The summed E-state index contributed by atoms with van der Waals surface area (Å²) < 4.78 is 42.6. The third-order valence-corrected chi connectivity index (χ3v) is 2.33. The van der Waals surface area contributed by atoms with Crippen molar-refractivity contribution in [3.63, 3.8) is 0 Å². The van der Waals surface area contributed by atoms with Gasteiger partial charge in [0.2, 0.25) is 0 Å². The van der Waals surface area contributed by atoms with Crippen LogP contribution in [0.4, 0.5) is 9.57 Å². The summed E-state index contributed by atoms with van der Waals surface area (Å²) in [6.45, 7) is 0. The average molecular weight is 261 g/mol. The van der Waals surface area contributed by atoms with E-state index >= 15 is 0 Å². The van der Waals surface area contributed by atoms with Crippen molar-refractivity contribution < 1.29 is 21.8 Å². The van der Waals surface area contributed by atoms with Gasteiger partial charge in [0.15, 0.2) is 11.5 Å². The van der Waals surface area contributed by atoms with Gasteiger partial charge in [-0.05, 0) is 12.1 Å². The smallest absolute Gasteiger partial charge is 0.326 e. The number of rotatable bonds is 5. The predicted molar refractivity (Wildman–Crippen MR) is 62.3 cm³/mol. The van der Waals surface area contributed by atoms with Crippen LogP contribution in [0.2, 0.25) is 0 Å². The highest BCUT2D eigenvalue weighted by Gasteiger charge is 2.03. The van der Waals surface area contributed by atoms with Crippen LogP contribution in [-0.2, 0) is 10.2 Å². The first kappa shape index (κ1) is 13.3. The Morgan fingerprint density at radius 2 is 1.88 bits per heavy atom. The first-order valence-electron chi connectivity index (χ1n) is 4.56. The van der Waals surface area contributed by atoms with Crippen LogP contribution in [0, 0.1) is 0 Å². The number of nitrogens with one attached hydrogen (secondary N) is 1. The molecule has 0 aromatic heterocycles. The van der Waals surface area contributed by atoms with Gasteiger partial charge in [-0.25, -0.2) is 0 Å². The Morgan fingerprint density at radius 1 is 1.24 bits per heavy atom. The summed E-state index contributed by atoms with van der Waals surface area (Å²) in [5, 5.41) is 3.01. The maximum absolute atomic E-state index is 12.2. The molecular formula is C10H12FNO4S. The molecule has 17 heavy (non-hydrogen) atoms. The molecule has 7 heteroatoms. The lowest BCUT2D eigenvalue weighted by molar-refractivity contribution is 0.355. The van der Waals surface area contributed by atoms with E-state index in [1.807, 2.05) is 0 Å². The second kappa shape index (κ2) is 5.53. The molecule has 94 valence electrons. The van der Waals surface area contributed by atoms with Crippen LogP contribution in [-0.4, -0.2) is 22.6 Å². The highest BCUT2D eigenvalue weighted by Crippen LogP contribution is 2.29. The highest BCUT2D eigenvalue weighted by atomic mass is 32.3. The fourth-order valence-electron chi connectivity index (χ4n) is 1.14. The molecule has 0 radical (unpaired) electrons. The fraction of sp³-hybridized carbons (Fsp3) is 0.200. The lowest BCUT2D eigenvalue weighted by atomic mass is 10.3. The van der Waals surface area contributed by atoms with Crippen LogP contribution in [0.1, 0.15) is 0 Å². The molecule has 0 aliphatic heterocycles. The van der Waals surface area contributed by atoms with Crippen molar-refractivity contribution >= 4 is 15.9 Å². The fourth-order valence-corrected chi connectivity index (χ4v) is 1.37. The van der Waals surface area contributed by atoms with Crippen molar-refractivity contribution in [2.24, 2.45) is 0 Å². The molecular weight excluding hydrogens is 249 g/mol. The molecule has 0 heterocycles. The maximum atomic E-state index is 12.2. The van der Waals surface area contributed by atoms with E-state index in [0.717, 1.165) is 6.20 Å². The maximum Gasteiger partial charge on any atom is 0.326 e. The third kappa shape index (κ3) is 4.31. The van der Waals surface area contributed by atoms with E-state index in [4.69, 9.17) is 9.47 Å². The van der Waals surface area contributed by atoms with E-state index in [0.29, 0.717) is 22.6 Å². The standard InChI is InChI=1S/C10H12FNO4S/c1-15-9-4-3-8(7-10(9)16-2)12-5-6-17(11,13)14/h3-7,12H,1-2H3/b6-5+. The minimum Gasteiger partial charge on any atom is -0.493 e. The first-order chi connectivity index (χ1) is 7.96. The van der Waals surface area contributed by atoms with E-state index in [-0.39, 0.29) is 0 Å². The topological polar surface area (TPSA) is 64.6 Å². The molecule has 0 aliphatic carbocycles. The Kier molecular flexibility index (Phi) is 4.33. The lowest BCUT2D eigenvalue weighted by Crippen LogP contribution is -1.94. The number of anilines is 1. The van der Waals surface area contributed by atoms with Crippen molar-refractivity contribution in [1.29, 1.82) is 0 Å². The number of methoxy groups -OCH3 is 2. The molecule has 0 spiro atoms. The van der Waals surface area contributed by atoms with E-state index < -0.39 is 10.2 Å². The van der Waals surface area contributed by atoms with Gasteiger partial charge in [0.25, 0.3) is 0 Å². The molecule has 0 fully saturated rings. The summed E-state index contributed by atoms with van der Waals surface area (Å²) in [4.78, 5) is 0. The summed E-state index contributed by atoms with van der Waals surface area (Å²) in [5.74, 6) is 1.02. The average Bonchev–Trinajstić information content (AvgIpc) is 2.27. The van der Waals surface area contributed by atoms with Crippen molar-refractivity contribution in [3.05, 3.63) is 29.8 Å². The zero-order chi connectivity index (χ0) is 12.9. The van der Waals surface area contributed by atoms with Crippen molar-refractivity contribution in [2.45, 2.75) is 0 Å². The van der Waals surface area contributed by atoms with E-state index in [1.54, 1.807) is 18.2 Å². The summed E-state index contributed by atoms with van der Waals surface area (Å²) in [6, 6.07) is 4.86. The quantitative estimate of drug-likeness (QED) is 0.820. The van der Waals surface area contributed by atoms with E-state index in [9.17, 15) is 12.3 Å². The van der Waals surface area contributed by atoms with Gasteiger partial charge in [0.1, 0.15) is 0 Å². The van der Waals surface area contributed by atoms with Gasteiger partial charge in [-0.1, -0.05) is 0 Å². The van der Waals surface area contributed by atoms with Crippen LogP contribution in [0.3, 0.4) is 0 Å². The number of hydrogen-bond acceptors (Lipinski definition) is 5. The Hall–Kier alpha value is -1.76. The Balaban J connectivity index is 2.83. The normalized spacial score (nSPS) is 11.5. The largest absolute Gasteiger partial charge is 0.493 e. The molecule has 0 bridgehead atoms. The summed E-state index contributed by atoms with van der Waals surface area (Å²) in [6.07, 6.45) is 0.983. The van der Waals surface area contributed by atoms with Crippen LogP contribution < -0.4 is 14.8 Å². The number of benzene rings is 1. The summed E-state index contributed by atoms with van der Waals surface area (Å²) in [7, 11) is -1.65. The minimum atomic E-state index is -4.62. The zero-order valence-corrected chi connectivity index (χ0v) is 10.1. The van der Waals surface area contributed by atoms with Crippen LogP contribution in [0.15, 0.2) is 29.8 Å². The lowest BCUT2D eigenvalue weighted by Gasteiger charge is -2.09. The second-order valence-electron chi connectivity index (χ2n) is 2.99.